The fraction of sp³-hybridized carbons (Fsp3) is 0.278. The summed E-state index contributed by atoms with van der Waals surface area (Å²) in [5.74, 6) is 0.598. The highest BCUT2D eigenvalue weighted by molar-refractivity contribution is 9.10. The summed E-state index contributed by atoms with van der Waals surface area (Å²) in [5, 5.41) is 0. The summed E-state index contributed by atoms with van der Waals surface area (Å²) < 4.78 is 11.7. The third-order valence-electron chi connectivity index (χ3n) is 3.44. The first kappa shape index (κ1) is 16.6. The number of carbonyl (C=O) groups is 1. The highest BCUT2D eigenvalue weighted by Gasteiger charge is 2.16. The Bertz CT molecular complexity index is 625. The number of methoxy groups -OCH3 is 1. The zero-order chi connectivity index (χ0) is 15.9. The van der Waals surface area contributed by atoms with Gasteiger partial charge >= 0.3 is 5.97 Å². The van der Waals surface area contributed by atoms with E-state index >= 15 is 0 Å². The molecule has 2 aromatic carbocycles. The average molecular weight is 363 g/mol. The molecule has 0 aliphatic heterocycles. The molecule has 22 heavy (non-hydrogen) atoms. The highest BCUT2D eigenvalue weighted by atomic mass is 79.9. The average Bonchev–Trinajstić information content (AvgIpc) is 2.54. The Hall–Kier alpha value is -1.81. The van der Waals surface area contributed by atoms with Gasteiger partial charge in [0.25, 0.3) is 0 Å². The van der Waals surface area contributed by atoms with Gasteiger partial charge in [-0.25, -0.2) is 0 Å². The standard InChI is InChI=1S/C18H19BrO3/c1-13(10-18(20)21-2)16-11-15(19)8-9-17(16)22-12-14-6-4-3-5-7-14/h3-9,11,13H,10,12H2,1-2H3/t13-/m0/s1. The molecule has 0 aliphatic rings. The predicted octanol–water partition coefficient (Wildman–Crippen LogP) is 4.69. The summed E-state index contributed by atoms with van der Waals surface area (Å²) in [6, 6.07) is 15.9. The number of benzene rings is 2. The van der Waals surface area contributed by atoms with E-state index in [9.17, 15) is 4.79 Å². The van der Waals surface area contributed by atoms with Gasteiger partial charge in [0.2, 0.25) is 0 Å². The normalized spacial score (nSPS) is 11.8. The topological polar surface area (TPSA) is 35.5 Å². The van der Waals surface area contributed by atoms with E-state index in [1.54, 1.807) is 0 Å². The van der Waals surface area contributed by atoms with Crippen LogP contribution in [0.1, 0.15) is 30.4 Å². The van der Waals surface area contributed by atoms with Gasteiger partial charge in [0.05, 0.1) is 13.5 Å². The van der Waals surface area contributed by atoms with E-state index in [1.165, 1.54) is 7.11 Å². The lowest BCUT2D eigenvalue weighted by molar-refractivity contribution is -0.140. The van der Waals surface area contributed by atoms with Gasteiger partial charge in [-0.1, -0.05) is 53.2 Å². The molecule has 0 spiro atoms. The SMILES string of the molecule is COC(=O)C[C@H](C)c1cc(Br)ccc1OCc1ccccc1. The van der Waals surface area contributed by atoms with Gasteiger partial charge in [-0.3, -0.25) is 4.79 Å². The molecule has 0 saturated carbocycles. The number of hydrogen-bond acceptors (Lipinski definition) is 3. The summed E-state index contributed by atoms with van der Waals surface area (Å²) in [4.78, 5) is 11.5. The molecule has 2 aromatic rings. The van der Waals surface area contributed by atoms with Crippen LogP contribution >= 0.6 is 15.9 Å². The smallest absolute Gasteiger partial charge is 0.306 e. The predicted molar refractivity (Wildman–Crippen MR) is 90.0 cm³/mol. The molecule has 0 aromatic heterocycles. The van der Waals surface area contributed by atoms with Crippen molar-refractivity contribution in [2.24, 2.45) is 0 Å². The monoisotopic (exact) mass is 362 g/mol. The fourth-order valence-electron chi connectivity index (χ4n) is 2.21. The second-order valence-electron chi connectivity index (χ2n) is 5.14. The van der Waals surface area contributed by atoms with Crippen molar-refractivity contribution in [1.29, 1.82) is 0 Å². The quantitative estimate of drug-likeness (QED) is 0.699. The second kappa shape index (κ2) is 7.99. The maximum Gasteiger partial charge on any atom is 0.306 e. The van der Waals surface area contributed by atoms with Gasteiger partial charge in [-0.15, -0.1) is 0 Å². The van der Waals surface area contributed by atoms with Crippen LogP contribution in [0.2, 0.25) is 0 Å². The van der Waals surface area contributed by atoms with Gasteiger partial charge in [0, 0.05) is 4.47 Å². The van der Waals surface area contributed by atoms with Crippen LogP contribution in [-0.2, 0) is 16.1 Å². The van der Waals surface area contributed by atoms with Gasteiger partial charge < -0.3 is 9.47 Å². The molecule has 0 fully saturated rings. The minimum absolute atomic E-state index is 0.0238. The maximum absolute atomic E-state index is 11.5. The molecule has 0 bridgehead atoms. The molecule has 0 amide bonds. The third kappa shape index (κ3) is 4.60. The van der Waals surface area contributed by atoms with Crippen LogP contribution in [0.4, 0.5) is 0 Å². The first-order valence-corrected chi connectivity index (χ1v) is 7.92. The Morgan fingerprint density at radius 2 is 1.91 bits per heavy atom. The van der Waals surface area contributed by atoms with E-state index in [0.29, 0.717) is 13.0 Å². The van der Waals surface area contributed by atoms with E-state index in [0.717, 1.165) is 21.3 Å². The molecule has 4 heteroatoms. The molecule has 0 heterocycles. The summed E-state index contributed by atoms with van der Waals surface area (Å²) in [7, 11) is 1.41. The van der Waals surface area contributed by atoms with Crippen LogP contribution < -0.4 is 4.74 Å². The van der Waals surface area contributed by atoms with Gasteiger partial charge in [-0.05, 0) is 35.2 Å². The number of esters is 1. The molecular weight excluding hydrogens is 344 g/mol. The first-order valence-electron chi connectivity index (χ1n) is 7.13. The molecule has 0 N–H and O–H groups in total. The van der Waals surface area contributed by atoms with Gasteiger partial charge in [0.1, 0.15) is 12.4 Å². The Morgan fingerprint density at radius 3 is 2.59 bits per heavy atom. The fourth-order valence-corrected chi connectivity index (χ4v) is 2.59. The van der Waals surface area contributed by atoms with Crippen molar-refractivity contribution in [2.75, 3.05) is 7.11 Å². The van der Waals surface area contributed by atoms with E-state index in [-0.39, 0.29) is 11.9 Å². The van der Waals surface area contributed by atoms with E-state index < -0.39 is 0 Å². The zero-order valence-corrected chi connectivity index (χ0v) is 14.3. The van der Waals surface area contributed by atoms with Crippen LogP contribution in [0, 0.1) is 0 Å². The van der Waals surface area contributed by atoms with Crippen molar-refractivity contribution in [1.82, 2.24) is 0 Å². The summed E-state index contributed by atoms with van der Waals surface area (Å²) >= 11 is 3.47. The highest BCUT2D eigenvalue weighted by Crippen LogP contribution is 2.32. The van der Waals surface area contributed by atoms with Crippen LogP contribution in [0.25, 0.3) is 0 Å². The first-order chi connectivity index (χ1) is 10.6. The Balaban J connectivity index is 2.15. The number of carbonyl (C=O) groups excluding carboxylic acids is 1. The van der Waals surface area contributed by atoms with Crippen LogP contribution in [0.3, 0.4) is 0 Å². The van der Waals surface area contributed by atoms with Crippen molar-refractivity contribution in [3.63, 3.8) is 0 Å². The number of halogens is 1. The summed E-state index contributed by atoms with van der Waals surface area (Å²) in [6.07, 6.45) is 0.328. The Kier molecular flexibility index (Phi) is 6.01. The molecule has 0 saturated heterocycles. The van der Waals surface area contributed by atoms with Gasteiger partial charge in [-0.2, -0.15) is 0 Å². The minimum atomic E-state index is -0.221. The van der Waals surface area contributed by atoms with Crippen LogP contribution in [-0.4, -0.2) is 13.1 Å². The van der Waals surface area contributed by atoms with Gasteiger partial charge in [0.15, 0.2) is 0 Å². The van der Waals surface area contributed by atoms with Crippen molar-refractivity contribution in [2.45, 2.75) is 25.9 Å². The molecule has 0 unspecified atom stereocenters. The molecule has 2 rings (SSSR count). The van der Waals surface area contributed by atoms with Crippen LogP contribution in [0.15, 0.2) is 53.0 Å². The van der Waals surface area contributed by atoms with Crippen molar-refractivity contribution in [3.05, 3.63) is 64.1 Å². The molecule has 116 valence electrons. The lowest BCUT2D eigenvalue weighted by atomic mass is 9.97. The summed E-state index contributed by atoms with van der Waals surface area (Å²) in [6.45, 7) is 2.49. The van der Waals surface area contributed by atoms with Crippen LogP contribution in [0.5, 0.6) is 5.75 Å². The summed E-state index contributed by atoms with van der Waals surface area (Å²) in [5.41, 5.74) is 2.10. The molecule has 3 nitrogen and oxygen atoms in total. The van der Waals surface area contributed by atoms with E-state index in [2.05, 4.69) is 15.9 Å². The molecular formula is C18H19BrO3. The maximum atomic E-state index is 11.5. The van der Waals surface area contributed by atoms with E-state index in [4.69, 9.17) is 9.47 Å². The number of ether oxygens (including phenoxy) is 2. The largest absolute Gasteiger partial charge is 0.489 e. The molecule has 0 radical (unpaired) electrons. The van der Waals surface area contributed by atoms with Crippen molar-refractivity contribution in [3.8, 4) is 5.75 Å². The van der Waals surface area contributed by atoms with Crippen molar-refractivity contribution < 1.29 is 14.3 Å². The number of rotatable bonds is 6. The Labute approximate surface area is 139 Å². The van der Waals surface area contributed by atoms with E-state index in [1.807, 2.05) is 55.5 Å². The minimum Gasteiger partial charge on any atom is -0.489 e. The zero-order valence-electron chi connectivity index (χ0n) is 12.7. The second-order valence-corrected chi connectivity index (χ2v) is 6.05. The Morgan fingerprint density at radius 1 is 1.18 bits per heavy atom. The molecule has 1 atom stereocenters. The van der Waals surface area contributed by atoms with Crippen molar-refractivity contribution >= 4 is 21.9 Å². The third-order valence-corrected chi connectivity index (χ3v) is 3.93. The lowest BCUT2D eigenvalue weighted by Gasteiger charge is -2.17. The molecule has 0 aliphatic carbocycles. The lowest BCUT2D eigenvalue weighted by Crippen LogP contribution is -2.08. The number of hydrogen-bond donors (Lipinski definition) is 0.